The summed E-state index contributed by atoms with van der Waals surface area (Å²) in [6.07, 6.45) is 5.12. The Balaban J connectivity index is 1.56. The molecule has 0 spiro atoms. The second kappa shape index (κ2) is 4.60. The predicted octanol–water partition coefficient (Wildman–Crippen LogP) is 2.14. The van der Waals surface area contributed by atoms with E-state index < -0.39 is 0 Å². The summed E-state index contributed by atoms with van der Waals surface area (Å²) >= 11 is 3.51. The highest BCUT2D eigenvalue weighted by molar-refractivity contribution is 9.10. The van der Waals surface area contributed by atoms with Crippen molar-refractivity contribution in [3.05, 3.63) is 40.6 Å². The second-order valence-electron chi connectivity index (χ2n) is 5.76. The Morgan fingerprint density at radius 2 is 2.15 bits per heavy atom. The Bertz CT molecular complexity index is 681. The van der Waals surface area contributed by atoms with Gasteiger partial charge in [-0.1, -0.05) is 0 Å². The zero-order valence-electron chi connectivity index (χ0n) is 11.1. The van der Waals surface area contributed by atoms with E-state index >= 15 is 0 Å². The number of pyridine rings is 1. The van der Waals surface area contributed by atoms with Gasteiger partial charge in [0.2, 0.25) is 0 Å². The number of amides is 1. The molecule has 2 aromatic heterocycles. The summed E-state index contributed by atoms with van der Waals surface area (Å²) in [5, 5.41) is 3.20. The summed E-state index contributed by atoms with van der Waals surface area (Å²) in [7, 11) is 0. The number of piperidine rings is 1. The molecule has 5 heteroatoms. The molecule has 1 amide bonds. The summed E-state index contributed by atoms with van der Waals surface area (Å²) < 4.78 is 3.02. The van der Waals surface area contributed by atoms with Crippen LogP contribution in [-0.4, -0.2) is 40.9 Å². The zero-order valence-corrected chi connectivity index (χ0v) is 12.6. The minimum atomic E-state index is 0.0411. The number of nitrogens with one attached hydrogen (secondary N) is 1. The molecule has 2 aliphatic heterocycles. The lowest BCUT2D eigenvalue weighted by atomic mass is 10.00. The van der Waals surface area contributed by atoms with E-state index in [0.717, 1.165) is 28.6 Å². The molecule has 1 N–H and O–H groups in total. The van der Waals surface area contributed by atoms with Crippen molar-refractivity contribution >= 4 is 27.4 Å². The number of hydrogen-bond donors (Lipinski definition) is 1. The molecule has 0 aromatic carbocycles. The van der Waals surface area contributed by atoms with Crippen LogP contribution in [0.25, 0.3) is 5.52 Å². The normalized spacial score (nSPS) is 28.1. The first-order valence-corrected chi connectivity index (χ1v) is 7.79. The third kappa shape index (κ3) is 1.96. The Morgan fingerprint density at radius 3 is 2.90 bits per heavy atom. The summed E-state index contributed by atoms with van der Waals surface area (Å²) in [6.45, 7) is 3.35. The molecule has 2 aliphatic rings. The molecule has 0 saturated carbocycles. The minimum Gasteiger partial charge on any atom is -0.348 e. The van der Waals surface area contributed by atoms with Crippen LogP contribution in [0.15, 0.2) is 35.1 Å². The molecule has 4 heterocycles. The molecule has 2 fully saturated rings. The number of aromatic nitrogens is 1. The monoisotopic (exact) mass is 333 g/mol. The van der Waals surface area contributed by atoms with Gasteiger partial charge >= 0.3 is 0 Å². The number of rotatable bonds is 2. The van der Waals surface area contributed by atoms with E-state index in [-0.39, 0.29) is 5.91 Å². The van der Waals surface area contributed by atoms with Crippen LogP contribution in [0.1, 0.15) is 16.8 Å². The van der Waals surface area contributed by atoms with Gasteiger partial charge in [-0.3, -0.25) is 4.79 Å². The molecule has 3 atom stereocenters. The Morgan fingerprint density at radius 1 is 1.30 bits per heavy atom. The molecule has 104 valence electrons. The van der Waals surface area contributed by atoms with Crippen molar-refractivity contribution in [2.24, 2.45) is 5.92 Å². The average Bonchev–Trinajstić information content (AvgIpc) is 3.15. The number of carbonyl (C=O) groups excluding carboxylic acids is 1. The summed E-state index contributed by atoms with van der Waals surface area (Å²) in [5.41, 5.74) is 1.75. The van der Waals surface area contributed by atoms with Crippen molar-refractivity contribution in [1.82, 2.24) is 14.6 Å². The van der Waals surface area contributed by atoms with E-state index in [4.69, 9.17) is 0 Å². The maximum Gasteiger partial charge on any atom is 0.251 e. The summed E-state index contributed by atoms with van der Waals surface area (Å²) in [5.74, 6) is 0.682. The molecule has 0 radical (unpaired) electrons. The first-order chi connectivity index (χ1) is 9.70. The molecule has 2 bridgehead atoms. The Labute approximate surface area is 125 Å². The molecule has 2 aromatic rings. The molecule has 2 saturated heterocycles. The van der Waals surface area contributed by atoms with Crippen LogP contribution in [0.2, 0.25) is 0 Å². The molecule has 4 nitrogen and oxygen atoms in total. The van der Waals surface area contributed by atoms with Gasteiger partial charge in [0, 0.05) is 41.6 Å². The van der Waals surface area contributed by atoms with Gasteiger partial charge < -0.3 is 14.6 Å². The van der Waals surface area contributed by atoms with Crippen LogP contribution < -0.4 is 5.32 Å². The topological polar surface area (TPSA) is 36.8 Å². The average molecular weight is 334 g/mol. The highest BCUT2D eigenvalue weighted by Gasteiger charge is 2.38. The lowest BCUT2D eigenvalue weighted by Crippen LogP contribution is -2.43. The predicted molar refractivity (Wildman–Crippen MR) is 80.9 cm³/mol. The number of halogens is 1. The van der Waals surface area contributed by atoms with Crippen LogP contribution in [0.5, 0.6) is 0 Å². The first-order valence-electron chi connectivity index (χ1n) is 7.00. The third-order valence-corrected chi connectivity index (χ3v) is 5.19. The van der Waals surface area contributed by atoms with E-state index in [9.17, 15) is 4.79 Å². The number of hydrogen-bond acceptors (Lipinski definition) is 2. The fraction of sp³-hybridized carbons (Fsp3) is 0.400. The SMILES string of the molecule is O=C(NC1CN2CC[C@H]1C2)c1ccn2ccc(Br)c2c1. The molecule has 0 aliphatic carbocycles. The number of fused-ring (bicyclic) bond motifs is 3. The lowest BCUT2D eigenvalue weighted by Gasteiger charge is -2.23. The van der Waals surface area contributed by atoms with Crippen LogP contribution in [-0.2, 0) is 0 Å². The van der Waals surface area contributed by atoms with Gasteiger partial charge in [0.1, 0.15) is 0 Å². The van der Waals surface area contributed by atoms with Crippen molar-refractivity contribution in [3.8, 4) is 0 Å². The fourth-order valence-corrected chi connectivity index (χ4v) is 3.84. The molecule has 2 unspecified atom stereocenters. The van der Waals surface area contributed by atoms with E-state index in [1.807, 2.05) is 35.0 Å². The van der Waals surface area contributed by atoms with E-state index in [1.54, 1.807) is 0 Å². The lowest BCUT2D eigenvalue weighted by molar-refractivity contribution is 0.0924. The fourth-order valence-electron chi connectivity index (χ4n) is 3.40. The Kier molecular flexibility index (Phi) is 2.86. The van der Waals surface area contributed by atoms with Gasteiger partial charge in [-0.05, 0) is 53.0 Å². The maximum atomic E-state index is 12.4. The maximum absolute atomic E-state index is 12.4. The highest BCUT2D eigenvalue weighted by Crippen LogP contribution is 2.28. The van der Waals surface area contributed by atoms with Crippen LogP contribution in [0.3, 0.4) is 0 Å². The van der Waals surface area contributed by atoms with Gasteiger partial charge in [0.15, 0.2) is 0 Å². The van der Waals surface area contributed by atoms with E-state index in [2.05, 4.69) is 26.1 Å². The quantitative estimate of drug-likeness (QED) is 0.914. The van der Waals surface area contributed by atoms with Crippen molar-refractivity contribution in [2.75, 3.05) is 19.6 Å². The van der Waals surface area contributed by atoms with Crippen LogP contribution >= 0.6 is 15.9 Å². The molecular weight excluding hydrogens is 318 g/mol. The molecular formula is C15H16BrN3O. The summed E-state index contributed by atoms with van der Waals surface area (Å²) in [6, 6.07) is 6.12. The van der Waals surface area contributed by atoms with Gasteiger partial charge in [0.25, 0.3) is 5.91 Å². The molecule has 20 heavy (non-hydrogen) atoms. The zero-order chi connectivity index (χ0) is 13.7. The van der Waals surface area contributed by atoms with Crippen molar-refractivity contribution in [2.45, 2.75) is 12.5 Å². The van der Waals surface area contributed by atoms with Crippen LogP contribution in [0.4, 0.5) is 0 Å². The highest BCUT2D eigenvalue weighted by atomic mass is 79.9. The molecule has 4 rings (SSSR count). The summed E-state index contributed by atoms with van der Waals surface area (Å²) in [4.78, 5) is 14.8. The van der Waals surface area contributed by atoms with Crippen LogP contribution in [0, 0.1) is 5.92 Å². The van der Waals surface area contributed by atoms with Crippen molar-refractivity contribution in [3.63, 3.8) is 0 Å². The largest absolute Gasteiger partial charge is 0.348 e. The standard InChI is InChI=1S/C15H16BrN3O/c16-12-3-6-19-5-2-10(7-14(12)19)15(20)17-13-9-18-4-1-11(13)8-18/h2-3,5-7,11,13H,1,4,8-9H2,(H,17,20)/t11-,13?/m0/s1. The number of nitrogens with zero attached hydrogens (tertiary/aromatic N) is 2. The van der Waals surface area contributed by atoms with Gasteiger partial charge in [-0.15, -0.1) is 0 Å². The number of carbonyl (C=O) groups is 1. The minimum absolute atomic E-state index is 0.0411. The van der Waals surface area contributed by atoms with Gasteiger partial charge in [-0.25, -0.2) is 0 Å². The first kappa shape index (κ1) is 12.4. The van der Waals surface area contributed by atoms with Gasteiger partial charge in [-0.2, -0.15) is 0 Å². The van der Waals surface area contributed by atoms with Crippen molar-refractivity contribution < 1.29 is 4.79 Å². The van der Waals surface area contributed by atoms with Gasteiger partial charge in [0.05, 0.1) is 5.52 Å². The van der Waals surface area contributed by atoms with E-state index in [1.165, 1.54) is 13.0 Å². The van der Waals surface area contributed by atoms with E-state index in [0.29, 0.717) is 12.0 Å². The Hall–Kier alpha value is -1.33. The third-order valence-electron chi connectivity index (χ3n) is 4.52. The smallest absolute Gasteiger partial charge is 0.251 e. The second-order valence-corrected chi connectivity index (χ2v) is 6.61. The van der Waals surface area contributed by atoms with Crippen molar-refractivity contribution in [1.29, 1.82) is 0 Å².